The molecule has 0 aliphatic rings. The van der Waals surface area contributed by atoms with E-state index in [-0.39, 0.29) is 22.2 Å². The fraction of sp³-hybridized carbons (Fsp3) is 0.417. The van der Waals surface area contributed by atoms with E-state index in [9.17, 15) is 14.9 Å². The summed E-state index contributed by atoms with van der Waals surface area (Å²) in [4.78, 5) is 23.8. The number of nitro groups is 1. The Bertz CT molecular complexity index is 479. The van der Waals surface area contributed by atoms with Gasteiger partial charge in [-0.25, -0.2) is 0 Å². The number of hydrogen-bond donors (Lipinski definition) is 1. The highest BCUT2D eigenvalue weighted by Gasteiger charge is 2.18. The summed E-state index contributed by atoms with van der Waals surface area (Å²) in [6.07, 6.45) is 0.797. The van der Waals surface area contributed by atoms with E-state index in [2.05, 4.69) is 5.32 Å². The van der Waals surface area contributed by atoms with Crippen LogP contribution < -0.4 is 5.32 Å². The number of halogens is 1. The Kier molecular flexibility index (Phi) is 5.72. The lowest BCUT2D eigenvalue weighted by Crippen LogP contribution is -2.29. The predicted molar refractivity (Wildman–Crippen MR) is 73.6 cm³/mol. The molecule has 0 saturated heterocycles. The predicted octanol–water partition coefficient (Wildman–Crippen LogP) is 1.93. The minimum absolute atomic E-state index is 0.142. The van der Waals surface area contributed by atoms with Crippen molar-refractivity contribution in [3.8, 4) is 0 Å². The number of carbonyl (C=O) groups is 1. The average molecular weight is 286 g/mol. The average Bonchev–Trinajstić information content (AvgIpc) is 2.38. The van der Waals surface area contributed by atoms with Gasteiger partial charge in [-0.1, -0.05) is 11.6 Å². The fourth-order valence-corrected chi connectivity index (χ4v) is 1.79. The Morgan fingerprint density at radius 1 is 1.53 bits per heavy atom. The Morgan fingerprint density at radius 2 is 2.21 bits per heavy atom. The third kappa shape index (κ3) is 4.18. The minimum Gasteiger partial charge on any atom is -0.342 e. The van der Waals surface area contributed by atoms with E-state index < -0.39 is 4.92 Å². The third-order valence-corrected chi connectivity index (χ3v) is 2.99. The fourth-order valence-electron chi connectivity index (χ4n) is 1.59. The van der Waals surface area contributed by atoms with Crippen molar-refractivity contribution in [1.29, 1.82) is 0 Å². The van der Waals surface area contributed by atoms with E-state index in [0.717, 1.165) is 13.0 Å². The maximum Gasteiger partial charge on any atom is 0.270 e. The topological polar surface area (TPSA) is 75.5 Å². The molecule has 0 aliphatic carbocycles. The van der Waals surface area contributed by atoms with Gasteiger partial charge in [-0.05, 0) is 26.1 Å². The minimum atomic E-state index is -0.548. The zero-order valence-electron chi connectivity index (χ0n) is 10.9. The lowest BCUT2D eigenvalue weighted by Gasteiger charge is -2.17. The van der Waals surface area contributed by atoms with Crippen molar-refractivity contribution >= 4 is 23.2 Å². The Labute approximate surface area is 116 Å². The maximum absolute atomic E-state index is 12.1. The first kappa shape index (κ1) is 15.4. The van der Waals surface area contributed by atoms with Crippen LogP contribution in [0.25, 0.3) is 0 Å². The standard InChI is InChI=1S/C12H16ClN3O3/c1-14-6-3-7-15(2)12(17)10-8-9(16(18)19)4-5-11(10)13/h4-5,8,14H,3,6-7H2,1-2H3. The maximum atomic E-state index is 12.1. The monoisotopic (exact) mass is 285 g/mol. The molecule has 1 N–H and O–H groups in total. The second kappa shape index (κ2) is 7.06. The molecule has 1 rings (SSSR count). The van der Waals surface area contributed by atoms with Crippen molar-refractivity contribution in [2.45, 2.75) is 6.42 Å². The zero-order chi connectivity index (χ0) is 14.4. The largest absolute Gasteiger partial charge is 0.342 e. The van der Waals surface area contributed by atoms with Crippen LogP contribution >= 0.6 is 11.6 Å². The number of amides is 1. The van der Waals surface area contributed by atoms with Gasteiger partial charge >= 0.3 is 0 Å². The summed E-state index contributed by atoms with van der Waals surface area (Å²) >= 11 is 5.92. The molecule has 1 amide bonds. The summed E-state index contributed by atoms with van der Waals surface area (Å²) in [6.45, 7) is 1.35. The summed E-state index contributed by atoms with van der Waals surface area (Å²) in [5.41, 5.74) is 0.0131. The zero-order valence-corrected chi connectivity index (χ0v) is 11.6. The first-order chi connectivity index (χ1) is 8.97. The van der Waals surface area contributed by atoms with Gasteiger partial charge in [0, 0.05) is 25.7 Å². The van der Waals surface area contributed by atoms with Gasteiger partial charge in [0.25, 0.3) is 11.6 Å². The molecular formula is C12H16ClN3O3. The molecule has 0 saturated carbocycles. The molecule has 0 radical (unpaired) electrons. The molecule has 1 aromatic rings. The van der Waals surface area contributed by atoms with Gasteiger partial charge in [0.15, 0.2) is 0 Å². The van der Waals surface area contributed by atoms with Crippen LogP contribution in [0, 0.1) is 10.1 Å². The molecule has 0 unspecified atom stereocenters. The van der Waals surface area contributed by atoms with Crippen LogP contribution in [-0.4, -0.2) is 42.9 Å². The molecule has 6 nitrogen and oxygen atoms in total. The van der Waals surface area contributed by atoms with Gasteiger partial charge in [-0.15, -0.1) is 0 Å². The van der Waals surface area contributed by atoms with Crippen molar-refractivity contribution in [2.75, 3.05) is 27.2 Å². The lowest BCUT2D eigenvalue weighted by atomic mass is 10.1. The molecule has 104 valence electrons. The van der Waals surface area contributed by atoms with Crippen LogP contribution in [0.2, 0.25) is 5.02 Å². The van der Waals surface area contributed by atoms with Crippen LogP contribution in [0.3, 0.4) is 0 Å². The summed E-state index contributed by atoms with van der Waals surface area (Å²) < 4.78 is 0. The number of rotatable bonds is 6. The SMILES string of the molecule is CNCCCN(C)C(=O)c1cc([N+](=O)[O-])ccc1Cl. The number of carbonyl (C=O) groups excluding carboxylic acids is 1. The summed E-state index contributed by atoms with van der Waals surface area (Å²) in [7, 11) is 3.48. The number of benzene rings is 1. The number of hydrogen-bond acceptors (Lipinski definition) is 4. The van der Waals surface area contributed by atoms with E-state index in [4.69, 9.17) is 11.6 Å². The van der Waals surface area contributed by atoms with Crippen LogP contribution in [0.4, 0.5) is 5.69 Å². The first-order valence-corrected chi connectivity index (χ1v) is 6.19. The summed E-state index contributed by atoms with van der Waals surface area (Å²) in [5.74, 6) is -0.315. The number of nitro benzene ring substituents is 1. The number of non-ortho nitro benzene ring substituents is 1. The quantitative estimate of drug-likeness (QED) is 0.492. The smallest absolute Gasteiger partial charge is 0.270 e. The van der Waals surface area contributed by atoms with Gasteiger partial charge in [-0.2, -0.15) is 0 Å². The van der Waals surface area contributed by atoms with Gasteiger partial charge < -0.3 is 10.2 Å². The Balaban J connectivity index is 2.86. The molecule has 0 heterocycles. The van der Waals surface area contributed by atoms with E-state index >= 15 is 0 Å². The molecule has 19 heavy (non-hydrogen) atoms. The number of nitrogens with one attached hydrogen (secondary N) is 1. The van der Waals surface area contributed by atoms with E-state index in [1.165, 1.54) is 23.1 Å². The van der Waals surface area contributed by atoms with Crippen molar-refractivity contribution < 1.29 is 9.72 Å². The van der Waals surface area contributed by atoms with Crippen LogP contribution in [0.5, 0.6) is 0 Å². The van der Waals surface area contributed by atoms with Crippen LogP contribution in [0.15, 0.2) is 18.2 Å². The Morgan fingerprint density at radius 3 is 2.79 bits per heavy atom. The molecule has 0 fully saturated rings. The van der Waals surface area contributed by atoms with Crippen molar-refractivity contribution in [1.82, 2.24) is 10.2 Å². The van der Waals surface area contributed by atoms with Crippen LogP contribution in [0.1, 0.15) is 16.8 Å². The van der Waals surface area contributed by atoms with E-state index in [0.29, 0.717) is 6.54 Å². The molecule has 0 atom stereocenters. The van der Waals surface area contributed by atoms with Gasteiger partial charge in [0.05, 0.1) is 15.5 Å². The van der Waals surface area contributed by atoms with Crippen molar-refractivity contribution in [3.63, 3.8) is 0 Å². The van der Waals surface area contributed by atoms with Crippen molar-refractivity contribution in [2.24, 2.45) is 0 Å². The van der Waals surface area contributed by atoms with Gasteiger partial charge in [-0.3, -0.25) is 14.9 Å². The molecule has 0 bridgehead atoms. The molecule has 1 aromatic carbocycles. The number of nitrogens with zero attached hydrogens (tertiary/aromatic N) is 2. The first-order valence-electron chi connectivity index (χ1n) is 5.81. The van der Waals surface area contributed by atoms with Gasteiger partial charge in [0.1, 0.15) is 0 Å². The normalized spacial score (nSPS) is 10.3. The lowest BCUT2D eigenvalue weighted by molar-refractivity contribution is -0.384. The molecule has 0 spiro atoms. The second-order valence-electron chi connectivity index (χ2n) is 4.11. The molecule has 7 heteroatoms. The van der Waals surface area contributed by atoms with Gasteiger partial charge in [0.2, 0.25) is 0 Å². The highest BCUT2D eigenvalue weighted by molar-refractivity contribution is 6.33. The summed E-state index contributed by atoms with van der Waals surface area (Å²) in [6, 6.07) is 3.85. The van der Waals surface area contributed by atoms with E-state index in [1.54, 1.807) is 7.05 Å². The molecule has 0 aliphatic heterocycles. The summed E-state index contributed by atoms with van der Waals surface area (Å²) in [5, 5.41) is 13.9. The highest BCUT2D eigenvalue weighted by atomic mass is 35.5. The third-order valence-electron chi connectivity index (χ3n) is 2.66. The van der Waals surface area contributed by atoms with Crippen LogP contribution in [-0.2, 0) is 0 Å². The second-order valence-corrected chi connectivity index (χ2v) is 4.51. The van der Waals surface area contributed by atoms with Crippen molar-refractivity contribution in [3.05, 3.63) is 38.9 Å². The highest BCUT2D eigenvalue weighted by Crippen LogP contribution is 2.23. The Hall–Kier alpha value is -1.66. The molecule has 0 aromatic heterocycles. The molecular weight excluding hydrogens is 270 g/mol. The van der Waals surface area contributed by atoms with E-state index in [1.807, 2.05) is 7.05 Å².